The number of nitrogens with two attached hydrogens (primary N) is 1. The number of ether oxygens (including phenoxy) is 1. The summed E-state index contributed by atoms with van der Waals surface area (Å²) in [5.41, 5.74) is 0. The fourth-order valence-corrected chi connectivity index (χ4v) is 0.889. The van der Waals surface area contributed by atoms with E-state index < -0.39 is 0 Å². The van der Waals surface area contributed by atoms with Gasteiger partial charge in [-0.25, -0.2) is 4.98 Å². The smallest absolute Gasteiger partial charge is 0.123 e. The normalized spacial score (nSPS) is 9.40. The maximum absolute atomic E-state index is 5.27. The highest BCUT2D eigenvalue weighted by atomic mass is 32.2. The molecule has 0 unspecified atom stereocenters. The lowest BCUT2D eigenvalue weighted by molar-refractivity contribution is 0.412. The number of rotatable bonds is 2. The molecule has 3 nitrogen and oxygen atoms in total. The lowest BCUT2D eigenvalue weighted by Crippen LogP contribution is -1.87. The Balaban J connectivity index is 2.87. The molecule has 0 saturated heterocycles. The van der Waals surface area contributed by atoms with E-state index in [9.17, 15) is 0 Å². The summed E-state index contributed by atoms with van der Waals surface area (Å²) in [7, 11) is 1.61. The summed E-state index contributed by atoms with van der Waals surface area (Å²) in [5, 5.41) is 6.04. The molecule has 0 bridgehead atoms. The highest BCUT2D eigenvalue weighted by Crippen LogP contribution is 2.14. The highest BCUT2D eigenvalue weighted by Gasteiger charge is 1.93. The van der Waals surface area contributed by atoms with Crippen molar-refractivity contribution in [3.05, 3.63) is 18.3 Å². The Hall–Kier alpha value is -0.740. The van der Waals surface area contributed by atoms with Crippen LogP contribution >= 0.6 is 11.9 Å². The van der Waals surface area contributed by atoms with Gasteiger partial charge >= 0.3 is 0 Å². The molecule has 0 spiro atoms. The van der Waals surface area contributed by atoms with Gasteiger partial charge in [-0.2, -0.15) is 0 Å². The summed E-state index contributed by atoms with van der Waals surface area (Å²) >= 11 is 1.11. The van der Waals surface area contributed by atoms with Gasteiger partial charge in [0.05, 0.1) is 7.11 Å². The van der Waals surface area contributed by atoms with Crippen molar-refractivity contribution in [2.45, 2.75) is 5.03 Å². The standard InChI is InChI=1S/C6H8N2OS/c1-9-5-2-3-8-6(4-5)10-7/h2-4H,7H2,1H3. The van der Waals surface area contributed by atoms with Gasteiger partial charge in [0.25, 0.3) is 0 Å². The Morgan fingerprint density at radius 2 is 2.50 bits per heavy atom. The zero-order chi connectivity index (χ0) is 7.40. The first-order chi connectivity index (χ1) is 4.86. The molecule has 0 aliphatic rings. The van der Waals surface area contributed by atoms with E-state index in [1.165, 1.54) is 0 Å². The van der Waals surface area contributed by atoms with Crippen LogP contribution in [0.1, 0.15) is 0 Å². The predicted octanol–water partition coefficient (Wildman–Crippen LogP) is 1.06. The molecular formula is C6H8N2OS. The largest absolute Gasteiger partial charge is 0.497 e. The summed E-state index contributed by atoms with van der Waals surface area (Å²) in [6.45, 7) is 0. The minimum Gasteiger partial charge on any atom is -0.497 e. The first-order valence-electron chi connectivity index (χ1n) is 2.73. The van der Waals surface area contributed by atoms with Crippen molar-refractivity contribution in [2.24, 2.45) is 5.14 Å². The van der Waals surface area contributed by atoms with Crippen LogP contribution in [-0.4, -0.2) is 12.1 Å². The topological polar surface area (TPSA) is 48.1 Å². The Morgan fingerprint density at radius 1 is 1.70 bits per heavy atom. The zero-order valence-corrected chi connectivity index (χ0v) is 6.39. The summed E-state index contributed by atoms with van der Waals surface area (Å²) in [5.74, 6) is 0.781. The van der Waals surface area contributed by atoms with Crippen LogP contribution in [0.15, 0.2) is 23.4 Å². The third-order valence-electron chi connectivity index (χ3n) is 1.06. The third-order valence-corrected chi connectivity index (χ3v) is 1.53. The maximum Gasteiger partial charge on any atom is 0.123 e. The third kappa shape index (κ3) is 1.62. The summed E-state index contributed by atoms with van der Waals surface area (Å²) < 4.78 is 4.95. The van der Waals surface area contributed by atoms with Gasteiger partial charge in [-0.3, -0.25) is 5.14 Å². The quantitative estimate of drug-likeness (QED) is 0.650. The second-order valence-electron chi connectivity index (χ2n) is 1.65. The van der Waals surface area contributed by atoms with E-state index in [2.05, 4.69) is 4.98 Å². The van der Waals surface area contributed by atoms with E-state index in [4.69, 9.17) is 9.88 Å². The Kier molecular flexibility index (Phi) is 2.53. The number of aromatic nitrogens is 1. The van der Waals surface area contributed by atoms with Crippen molar-refractivity contribution in [2.75, 3.05) is 7.11 Å². The predicted molar refractivity (Wildman–Crippen MR) is 40.8 cm³/mol. The van der Waals surface area contributed by atoms with E-state index in [-0.39, 0.29) is 0 Å². The van der Waals surface area contributed by atoms with Crippen LogP contribution in [0, 0.1) is 0 Å². The van der Waals surface area contributed by atoms with E-state index in [1.807, 2.05) is 0 Å². The summed E-state index contributed by atoms with van der Waals surface area (Å²) in [4.78, 5) is 3.96. The van der Waals surface area contributed by atoms with Crippen LogP contribution in [-0.2, 0) is 0 Å². The second-order valence-corrected chi connectivity index (χ2v) is 2.31. The molecule has 0 atom stereocenters. The lowest BCUT2D eigenvalue weighted by atomic mass is 10.5. The fraction of sp³-hybridized carbons (Fsp3) is 0.167. The lowest BCUT2D eigenvalue weighted by Gasteiger charge is -1.98. The zero-order valence-electron chi connectivity index (χ0n) is 5.57. The number of nitrogens with zero attached hydrogens (tertiary/aromatic N) is 1. The van der Waals surface area contributed by atoms with E-state index in [0.29, 0.717) is 0 Å². The second kappa shape index (κ2) is 3.43. The van der Waals surface area contributed by atoms with Crippen LogP contribution < -0.4 is 9.88 Å². The maximum atomic E-state index is 5.27. The van der Waals surface area contributed by atoms with Gasteiger partial charge in [0.1, 0.15) is 10.8 Å². The molecule has 0 aromatic carbocycles. The average Bonchev–Trinajstić information content (AvgIpc) is 2.05. The molecule has 1 rings (SSSR count). The van der Waals surface area contributed by atoms with Gasteiger partial charge in [0, 0.05) is 12.3 Å². The fourth-order valence-electron chi connectivity index (χ4n) is 0.583. The molecule has 1 aromatic heterocycles. The van der Waals surface area contributed by atoms with Crippen LogP contribution in [0.25, 0.3) is 0 Å². The van der Waals surface area contributed by atoms with Crippen molar-refractivity contribution in [1.29, 1.82) is 0 Å². The molecule has 0 saturated carbocycles. The summed E-state index contributed by atoms with van der Waals surface area (Å²) in [6, 6.07) is 3.56. The highest BCUT2D eigenvalue weighted by molar-refractivity contribution is 7.97. The van der Waals surface area contributed by atoms with Crippen molar-refractivity contribution in [1.82, 2.24) is 4.98 Å². The van der Waals surface area contributed by atoms with E-state index in [1.54, 1.807) is 25.4 Å². The molecule has 0 fully saturated rings. The molecule has 1 heterocycles. The molecule has 0 aliphatic carbocycles. The monoisotopic (exact) mass is 156 g/mol. The number of hydrogen-bond acceptors (Lipinski definition) is 4. The van der Waals surface area contributed by atoms with Gasteiger partial charge in [-0.1, -0.05) is 0 Å². The van der Waals surface area contributed by atoms with Gasteiger partial charge in [0.2, 0.25) is 0 Å². The van der Waals surface area contributed by atoms with Crippen molar-refractivity contribution in [3.8, 4) is 5.75 Å². The van der Waals surface area contributed by atoms with Gasteiger partial charge in [-0.05, 0) is 18.0 Å². The van der Waals surface area contributed by atoms with Crippen LogP contribution in [0.4, 0.5) is 0 Å². The SMILES string of the molecule is COc1ccnc(SN)c1. The number of pyridine rings is 1. The van der Waals surface area contributed by atoms with Crippen molar-refractivity contribution in [3.63, 3.8) is 0 Å². The molecule has 0 aliphatic heterocycles. The first kappa shape index (κ1) is 7.37. The Labute approximate surface area is 63.7 Å². The van der Waals surface area contributed by atoms with E-state index in [0.717, 1.165) is 22.7 Å². The van der Waals surface area contributed by atoms with Gasteiger partial charge < -0.3 is 4.74 Å². The Bertz CT molecular complexity index is 197. The average molecular weight is 156 g/mol. The van der Waals surface area contributed by atoms with Crippen molar-refractivity contribution < 1.29 is 4.74 Å². The number of hydrogen-bond donors (Lipinski definition) is 1. The Morgan fingerprint density at radius 3 is 3.10 bits per heavy atom. The minimum absolute atomic E-state index is 0.763. The van der Waals surface area contributed by atoms with Crippen LogP contribution in [0.2, 0.25) is 0 Å². The van der Waals surface area contributed by atoms with Crippen LogP contribution in [0.3, 0.4) is 0 Å². The molecule has 1 aromatic rings. The minimum atomic E-state index is 0.763. The molecule has 2 N–H and O–H groups in total. The molecule has 4 heteroatoms. The molecular weight excluding hydrogens is 148 g/mol. The van der Waals surface area contributed by atoms with Crippen LogP contribution in [0.5, 0.6) is 5.75 Å². The first-order valence-corrected chi connectivity index (χ1v) is 3.61. The van der Waals surface area contributed by atoms with Gasteiger partial charge in [-0.15, -0.1) is 0 Å². The van der Waals surface area contributed by atoms with Crippen molar-refractivity contribution >= 4 is 11.9 Å². The number of methoxy groups -OCH3 is 1. The molecule has 10 heavy (non-hydrogen) atoms. The molecule has 0 radical (unpaired) electrons. The summed E-state index contributed by atoms with van der Waals surface area (Å²) in [6.07, 6.45) is 1.66. The molecule has 54 valence electrons. The van der Waals surface area contributed by atoms with E-state index >= 15 is 0 Å². The van der Waals surface area contributed by atoms with Gasteiger partial charge in [0.15, 0.2) is 0 Å². The molecule has 0 amide bonds.